The van der Waals surface area contributed by atoms with Gasteiger partial charge in [-0.05, 0) is 39.3 Å². The largest absolute Gasteiger partial charge is 0.490 e. The minimum absolute atomic E-state index is 0.0228. The molecule has 1 atom stereocenters. The predicted molar refractivity (Wildman–Crippen MR) is 83.9 cm³/mol. The topological polar surface area (TPSA) is 71.0 Å². The molecule has 3 amide bonds. The van der Waals surface area contributed by atoms with E-state index in [4.69, 9.17) is 4.74 Å². The van der Waals surface area contributed by atoms with Crippen LogP contribution in [0.1, 0.15) is 39.7 Å². The minimum atomic E-state index is -0.887. The molecule has 118 valence electrons. The number of hydrazone groups is 1. The lowest BCUT2D eigenvalue weighted by molar-refractivity contribution is -0.130. The quantitative estimate of drug-likeness (QED) is 0.671. The van der Waals surface area contributed by atoms with Crippen molar-refractivity contribution >= 4 is 18.2 Å². The van der Waals surface area contributed by atoms with E-state index in [0.717, 1.165) is 5.01 Å². The van der Waals surface area contributed by atoms with Gasteiger partial charge in [-0.2, -0.15) is 5.10 Å². The summed E-state index contributed by atoms with van der Waals surface area (Å²) in [7, 11) is 0. The predicted octanol–water partition coefficient (Wildman–Crippen LogP) is 2.53. The number of ether oxygens (including phenoxy) is 1. The molecule has 1 aliphatic rings. The van der Waals surface area contributed by atoms with Crippen molar-refractivity contribution in [3.63, 3.8) is 0 Å². The number of rotatable bonds is 5. The second kappa shape index (κ2) is 6.17. The molecule has 1 N–H and O–H groups in total. The summed E-state index contributed by atoms with van der Waals surface area (Å²) < 4.78 is 5.68. The Kier molecular flexibility index (Phi) is 4.49. The van der Waals surface area contributed by atoms with Gasteiger partial charge in [-0.25, -0.2) is 4.79 Å². The van der Waals surface area contributed by atoms with Gasteiger partial charge < -0.3 is 10.1 Å². The zero-order chi connectivity index (χ0) is 16.3. The number of para-hydroxylation sites is 1. The molecule has 1 fully saturated rings. The summed E-state index contributed by atoms with van der Waals surface area (Å²) in [5.41, 5.74) is -0.176. The summed E-state index contributed by atoms with van der Waals surface area (Å²) in [6, 6.07) is 6.84. The molecule has 0 spiro atoms. The highest BCUT2D eigenvalue weighted by molar-refractivity contribution is 6.07. The molecule has 1 aliphatic heterocycles. The first-order valence-corrected chi connectivity index (χ1v) is 7.33. The molecule has 2 rings (SSSR count). The normalized spacial score (nSPS) is 21.8. The first-order chi connectivity index (χ1) is 10.4. The van der Waals surface area contributed by atoms with Gasteiger partial charge in [0.25, 0.3) is 5.91 Å². The minimum Gasteiger partial charge on any atom is -0.490 e. The van der Waals surface area contributed by atoms with Crippen LogP contribution in [0.3, 0.4) is 0 Å². The zero-order valence-corrected chi connectivity index (χ0v) is 13.3. The van der Waals surface area contributed by atoms with Crippen molar-refractivity contribution in [1.29, 1.82) is 0 Å². The summed E-state index contributed by atoms with van der Waals surface area (Å²) >= 11 is 0. The fourth-order valence-corrected chi connectivity index (χ4v) is 2.08. The number of nitrogens with zero attached hydrogens (tertiary/aromatic N) is 2. The van der Waals surface area contributed by atoms with Crippen LogP contribution in [-0.2, 0) is 4.79 Å². The fourth-order valence-electron chi connectivity index (χ4n) is 2.08. The molecule has 22 heavy (non-hydrogen) atoms. The van der Waals surface area contributed by atoms with Crippen LogP contribution in [0.5, 0.6) is 5.75 Å². The van der Waals surface area contributed by atoms with E-state index >= 15 is 0 Å². The lowest BCUT2D eigenvalue weighted by Crippen LogP contribution is -2.42. The molecule has 6 heteroatoms. The van der Waals surface area contributed by atoms with E-state index in [9.17, 15) is 9.59 Å². The van der Waals surface area contributed by atoms with Crippen molar-refractivity contribution in [1.82, 2.24) is 10.3 Å². The van der Waals surface area contributed by atoms with E-state index in [2.05, 4.69) is 10.4 Å². The molecule has 0 aromatic heterocycles. The Bertz CT molecular complexity index is 612. The number of nitrogens with one attached hydrogen (secondary N) is 1. The van der Waals surface area contributed by atoms with Crippen LogP contribution in [0.2, 0.25) is 0 Å². The van der Waals surface area contributed by atoms with Gasteiger partial charge in [0.05, 0.1) is 12.3 Å². The molecular formula is C16H21N3O3. The van der Waals surface area contributed by atoms with Gasteiger partial charge in [-0.3, -0.25) is 4.79 Å². The van der Waals surface area contributed by atoms with Gasteiger partial charge in [0.15, 0.2) is 0 Å². The van der Waals surface area contributed by atoms with Crippen LogP contribution in [0.25, 0.3) is 0 Å². The average Bonchev–Trinajstić information content (AvgIpc) is 2.69. The molecule has 0 saturated carbocycles. The monoisotopic (exact) mass is 303 g/mol. The number of benzene rings is 1. The van der Waals surface area contributed by atoms with E-state index in [1.54, 1.807) is 6.92 Å². The maximum absolute atomic E-state index is 12.3. The van der Waals surface area contributed by atoms with E-state index in [0.29, 0.717) is 17.7 Å². The highest BCUT2D eigenvalue weighted by Gasteiger charge is 2.46. The summed E-state index contributed by atoms with van der Waals surface area (Å²) in [5.74, 6) is 0.310. The van der Waals surface area contributed by atoms with Crippen LogP contribution in [0.4, 0.5) is 4.79 Å². The van der Waals surface area contributed by atoms with E-state index in [1.807, 2.05) is 45.0 Å². The molecule has 1 aromatic carbocycles. The van der Waals surface area contributed by atoms with Crippen molar-refractivity contribution in [2.75, 3.05) is 0 Å². The van der Waals surface area contributed by atoms with Gasteiger partial charge in [-0.1, -0.05) is 19.1 Å². The Hall–Kier alpha value is -2.37. The number of imide groups is 1. The maximum Gasteiger partial charge on any atom is 0.346 e. The second-order valence-electron chi connectivity index (χ2n) is 5.68. The number of urea groups is 1. The number of carbonyl (C=O) groups is 2. The first-order valence-electron chi connectivity index (χ1n) is 7.33. The molecule has 6 nitrogen and oxygen atoms in total. The Morgan fingerprint density at radius 2 is 2.05 bits per heavy atom. The smallest absolute Gasteiger partial charge is 0.346 e. The first kappa shape index (κ1) is 16.0. The third kappa shape index (κ3) is 3.10. The molecule has 1 saturated heterocycles. The van der Waals surface area contributed by atoms with Crippen molar-refractivity contribution in [3.05, 3.63) is 29.8 Å². The molecule has 1 heterocycles. The van der Waals surface area contributed by atoms with Gasteiger partial charge in [-0.15, -0.1) is 5.01 Å². The molecule has 0 aliphatic carbocycles. The van der Waals surface area contributed by atoms with Gasteiger partial charge >= 0.3 is 6.03 Å². The lowest BCUT2D eigenvalue weighted by atomic mass is 10.00. The fraction of sp³-hybridized carbons (Fsp3) is 0.438. The molecule has 0 radical (unpaired) electrons. The maximum atomic E-state index is 12.3. The van der Waals surface area contributed by atoms with Crippen molar-refractivity contribution in [2.24, 2.45) is 5.10 Å². The van der Waals surface area contributed by atoms with Crippen LogP contribution in [-0.4, -0.2) is 34.8 Å². The Morgan fingerprint density at radius 3 is 2.64 bits per heavy atom. The Labute approximate surface area is 130 Å². The number of amides is 3. The van der Waals surface area contributed by atoms with E-state index in [-0.39, 0.29) is 12.0 Å². The van der Waals surface area contributed by atoms with Gasteiger partial charge in [0.1, 0.15) is 11.3 Å². The van der Waals surface area contributed by atoms with Crippen LogP contribution in [0.15, 0.2) is 29.4 Å². The summed E-state index contributed by atoms with van der Waals surface area (Å²) in [5, 5.41) is 7.56. The highest BCUT2D eigenvalue weighted by atomic mass is 16.5. The lowest BCUT2D eigenvalue weighted by Gasteiger charge is -2.17. The van der Waals surface area contributed by atoms with E-state index < -0.39 is 11.6 Å². The summed E-state index contributed by atoms with van der Waals surface area (Å²) in [6.07, 6.45) is 2.00. The van der Waals surface area contributed by atoms with Crippen molar-refractivity contribution in [3.8, 4) is 5.75 Å². The van der Waals surface area contributed by atoms with Crippen molar-refractivity contribution in [2.45, 2.75) is 45.8 Å². The summed E-state index contributed by atoms with van der Waals surface area (Å²) in [6.45, 7) is 7.39. The molecule has 0 bridgehead atoms. The summed E-state index contributed by atoms with van der Waals surface area (Å²) in [4.78, 5) is 24.1. The highest BCUT2D eigenvalue weighted by Crippen LogP contribution is 2.22. The van der Waals surface area contributed by atoms with Gasteiger partial charge in [0.2, 0.25) is 0 Å². The Morgan fingerprint density at radius 1 is 1.36 bits per heavy atom. The number of hydrogen-bond acceptors (Lipinski definition) is 4. The Balaban J connectivity index is 2.23. The molecular weight excluding hydrogens is 282 g/mol. The molecule has 1 unspecified atom stereocenters. The van der Waals surface area contributed by atoms with Crippen molar-refractivity contribution < 1.29 is 14.3 Å². The van der Waals surface area contributed by atoms with Crippen LogP contribution < -0.4 is 10.1 Å². The average molecular weight is 303 g/mol. The molecule has 1 aromatic rings. The number of carbonyl (C=O) groups excluding carboxylic acids is 2. The van der Waals surface area contributed by atoms with Gasteiger partial charge in [0, 0.05) is 5.56 Å². The standard InChI is InChI=1S/C16H21N3O3/c1-5-16(4)14(20)19(15(21)18-16)17-10-12-8-6-7-9-13(12)22-11(2)3/h6-11H,5H2,1-4H3,(H,18,21)/b17-10+. The third-order valence-electron chi connectivity index (χ3n) is 3.54. The SMILES string of the molecule is CCC1(C)NC(=O)N(/N=C/c2ccccc2OC(C)C)C1=O. The van der Waals surface area contributed by atoms with Crippen LogP contribution in [0, 0.1) is 0 Å². The third-order valence-corrected chi connectivity index (χ3v) is 3.54. The van der Waals surface area contributed by atoms with E-state index in [1.165, 1.54) is 6.21 Å². The number of hydrogen-bond donors (Lipinski definition) is 1. The zero-order valence-electron chi connectivity index (χ0n) is 13.3. The van der Waals surface area contributed by atoms with Crippen LogP contribution >= 0.6 is 0 Å². The second-order valence-corrected chi connectivity index (χ2v) is 5.68.